The number of aliphatic hydroxyl groups excluding tert-OH is 1. The first-order valence-corrected chi connectivity index (χ1v) is 5.53. The quantitative estimate of drug-likeness (QED) is 0.817. The average molecular weight is 217 g/mol. The summed E-state index contributed by atoms with van der Waals surface area (Å²) in [5.41, 5.74) is 1.55. The zero-order valence-corrected chi connectivity index (χ0v) is 9.13. The van der Waals surface area contributed by atoms with E-state index in [2.05, 4.69) is 9.88 Å². The molecule has 1 unspecified atom stereocenters. The van der Waals surface area contributed by atoms with E-state index in [1.165, 1.54) is 0 Å². The third-order valence-electron chi connectivity index (χ3n) is 3.03. The molecule has 1 aliphatic heterocycles. The van der Waals surface area contributed by atoms with Gasteiger partial charge in [-0.3, -0.25) is 4.90 Å². The van der Waals surface area contributed by atoms with Crippen LogP contribution in [0.2, 0.25) is 0 Å². The summed E-state index contributed by atoms with van der Waals surface area (Å²) in [6.45, 7) is 2.04. The topological polar surface area (TPSA) is 60.2 Å². The second-order valence-electron chi connectivity index (χ2n) is 4.11. The minimum Gasteiger partial charge on any atom is -0.395 e. The molecule has 2 rings (SSSR count). The maximum atomic E-state index is 9.21. The number of likely N-dealkylation sites (tertiary alicyclic amines) is 1. The Morgan fingerprint density at radius 2 is 2.50 bits per heavy atom. The number of nitriles is 1. The molecule has 1 atom stereocenters. The normalized spacial score (nSPS) is 20.9. The molecule has 1 N–H and O–H groups in total. The van der Waals surface area contributed by atoms with Gasteiger partial charge in [-0.15, -0.1) is 0 Å². The van der Waals surface area contributed by atoms with Crippen molar-refractivity contribution in [1.29, 1.82) is 5.26 Å². The van der Waals surface area contributed by atoms with Crippen molar-refractivity contribution >= 4 is 0 Å². The van der Waals surface area contributed by atoms with Gasteiger partial charge in [-0.1, -0.05) is 0 Å². The summed E-state index contributed by atoms with van der Waals surface area (Å²) in [6.07, 6.45) is 3.87. The Bertz CT molecular complexity index is 399. The summed E-state index contributed by atoms with van der Waals surface area (Å²) in [5, 5.41) is 18.0. The summed E-state index contributed by atoms with van der Waals surface area (Å²) in [7, 11) is 0. The van der Waals surface area contributed by atoms with Crippen LogP contribution in [-0.2, 0) is 6.54 Å². The van der Waals surface area contributed by atoms with Gasteiger partial charge in [-0.25, -0.2) is 4.98 Å². The maximum Gasteiger partial charge on any atom is 0.140 e. The summed E-state index contributed by atoms with van der Waals surface area (Å²) in [4.78, 5) is 6.20. The van der Waals surface area contributed by atoms with Gasteiger partial charge >= 0.3 is 0 Å². The van der Waals surface area contributed by atoms with Crippen LogP contribution in [0, 0.1) is 11.3 Å². The lowest BCUT2D eigenvalue weighted by Crippen LogP contribution is -2.31. The first-order valence-electron chi connectivity index (χ1n) is 5.53. The van der Waals surface area contributed by atoms with Gasteiger partial charge in [0.05, 0.1) is 6.61 Å². The molecule has 1 aliphatic rings. The van der Waals surface area contributed by atoms with E-state index in [4.69, 9.17) is 5.26 Å². The summed E-state index contributed by atoms with van der Waals surface area (Å²) >= 11 is 0. The highest BCUT2D eigenvalue weighted by atomic mass is 16.3. The summed E-state index contributed by atoms with van der Waals surface area (Å²) in [6, 6.07) is 6.05. The number of aromatic nitrogens is 1. The molecular formula is C12H15N3O. The fourth-order valence-electron chi connectivity index (χ4n) is 2.18. The SMILES string of the molecule is N#Cc1cc(CN2CCCC2CO)ccn1. The van der Waals surface area contributed by atoms with Crippen LogP contribution in [0.25, 0.3) is 0 Å². The molecule has 0 aliphatic carbocycles. The lowest BCUT2D eigenvalue weighted by molar-refractivity contribution is 0.153. The molecule has 4 heteroatoms. The van der Waals surface area contributed by atoms with Gasteiger partial charge in [0.15, 0.2) is 0 Å². The Labute approximate surface area is 95.1 Å². The molecule has 0 radical (unpaired) electrons. The van der Waals surface area contributed by atoms with E-state index in [1.807, 2.05) is 18.2 Å². The van der Waals surface area contributed by atoms with E-state index in [0.717, 1.165) is 31.5 Å². The minimum absolute atomic E-state index is 0.218. The van der Waals surface area contributed by atoms with Crippen molar-refractivity contribution in [2.75, 3.05) is 13.2 Å². The number of aliphatic hydroxyl groups is 1. The van der Waals surface area contributed by atoms with Gasteiger partial charge in [-0.05, 0) is 37.1 Å². The Hall–Kier alpha value is -1.44. The van der Waals surface area contributed by atoms with Gasteiger partial charge in [0.1, 0.15) is 11.8 Å². The maximum absolute atomic E-state index is 9.21. The number of pyridine rings is 1. The molecule has 0 amide bonds. The third kappa shape index (κ3) is 2.38. The second-order valence-corrected chi connectivity index (χ2v) is 4.11. The molecular weight excluding hydrogens is 202 g/mol. The van der Waals surface area contributed by atoms with E-state index in [1.54, 1.807) is 6.20 Å². The minimum atomic E-state index is 0.218. The third-order valence-corrected chi connectivity index (χ3v) is 3.03. The largest absolute Gasteiger partial charge is 0.395 e. The van der Waals surface area contributed by atoms with E-state index < -0.39 is 0 Å². The fraction of sp³-hybridized carbons (Fsp3) is 0.500. The van der Waals surface area contributed by atoms with Crippen LogP contribution in [0.3, 0.4) is 0 Å². The summed E-state index contributed by atoms with van der Waals surface area (Å²) < 4.78 is 0. The van der Waals surface area contributed by atoms with E-state index in [9.17, 15) is 5.11 Å². The monoisotopic (exact) mass is 217 g/mol. The van der Waals surface area contributed by atoms with Crippen LogP contribution in [0.15, 0.2) is 18.3 Å². The molecule has 1 aromatic heterocycles. The van der Waals surface area contributed by atoms with Gasteiger partial charge in [0.25, 0.3) is 0 Å². The average Bonchev–Trinajstić information content (AvgIpc) is 2.76. The van der Waals surface area contributed by atoms with Gasteiger partial charge in [0.2, 0.25) is 0 Å². The Kier molecular flexibility index (Phi) is 3.50. The molecule has 84 valence electrons. The number of rotatable bonds is 3. The molecule has 1 fully saturated rings. The lowest BCUT2D eigenvalue weighted by atomic mass is 10.2. The number of nitrogens with zero attached hydrogens (tertiary/aromatic N) is 3. The zero-order valence-electron chi connectivity index (χ0n) is 9.13. The lowest BCUT2D eigenvalue weighted by Gasteiger charge is -2.22. The molecule has 4 nitrogen and oxygen atoms in total. The van der Waals surface area contributed by atoms with E-state index in [0.29, 0.717) is 5.69 Å². The summed E-state index contributed by atoms with van der Waals surface area (Å²) in [5.74, 6) is 0. The van der Waals surface area contributed by atoms with Crippen molar-refractivity contribution in [1.82, 2.24) is 9.88 Å². The van der Waals surface area contributed by atoms with Crippen LogP contribution in [0.1, 0.15) is 24.1 Å². The van der Waals surface area contributed by atoms with Gasteiger partial charge < -0.3 is 5.11 Å². The van der Waals surface area contributed by atoms with Crippen molar-refractivity contribution in [3.63, 3.8) is 0 Å². The molecule has 0 spiro atoms. The first kappa shape index (κ1) is 11.1. The van der Waals surface area contributed by atoms with Crippen molar-refractivity contribution in [2.24, 2.45) is 0 Å². The standard InChI is InChI=1S/C12H15N3O/c13-7-11-6-10(3-4-14-11)8-15-5-1-2-12(15)9-16/h3-4,6,12,16H,1-2,5,8-9H2. The van der Waals surface area contributed by atoms with Gasteiger partial charge in [-0.2, -0.15) is 5.26 Å². The Morgan fingerprint density at radius 1 is 1.62 bits per heavy atom. The highest BCUT2D eigenvalue weighted by Gasteiger charge is 2.23. The molecule has 0 aromatic carbocycles. The van der Waals surface area contributed by atoms with Crippen LogP contribution < -0.4 is 0 Å². The zero-order chi connectivity index (χ0) is 11.4. The van der Waals surface area contributed by atoms with Crippen molar-refractivity contribution < 1.29 is 5.11 Å². The van der Waals surface area contributed by atoms with Crippen molar-refractivity contribution in [2.45, 2.75) is 25.4 Å². The highest BCUT2D eigenvalue weighted by Crippen LogP contribution is 2.19. The highest BCUT2D eigenvalue weighted by molar-refractivity contribution is 5.25. The van der Waals surface area contributed by atoms with Crippen LogP contribution in [0.4, 0.5) is 0 Å². The smallest absolute Gasteiger partial charge is 0.140 e. The van der Waals surface area contributed by atoms with E-state index >= 15 is 0 Å². The number of hydrogen-bond acceptors (Lipinski definition) is 4. The van der Waals surface area contributed by atoms with Crippen LogP contribution in [-0.4, -0.2) is 34.2 Å². The van der Waals surface area contributed by atoms with Crippen molar-refractivity contribution in [3.05, 3.63) is 29.6 Å². The first-order chi connectivity index (χ1) is 7.83. The molecule has 16 heavy (non-hydrogen) atoms. The molecule has 0 saturated carbocycles. The van der Waals surface area contributed by atoms with E-state index in [-0.39, 0.29) is 12.6 Å². The second kappa shape index (κ2) is 5.06. The van der Waals surface area contributed by atoms with Crippen LogP contribution >= 0.6 is 0 Å². The fourth-order valence-corrected chi connectivity index (χ4v) is 2.18. The molecule has 2 heterocycles. The number of hydrogen-bond donors (Lipinski definition) is 1. The predicted molar refractivity (Wildman–Crippen MR) is 59.5 cm³/mol. The molecule has 0 bridgehead atoms. The molecule has 1 aromatic rings. The predicted octanol–water partition coefficient (Wildman–Crippen LogP) is 0.910. The van der Waals surface area contributed by atoms with Crippen LogP contribution in [0.5, 0.6) is 0 Å². The molecule has 1 saturated heterocycles. The Balaban J connectivity index is 2.06. The Morgan fingerprint density at radius 3 is 3.25 bits per heavy atom. The van der Waals surface area contributed by atoms with Gasteiger partial charge in [0, 0.05) is 18.8 Å². The van der Waals surface area contributed by atoms with Crippen molar-refractivity contribution in [3.8, 4) is 6.07 Å².